The van der Waals surface area contributed by atoms with Crippen molar-refractivity contribution in [2.24, 2.45) is 0 Å². The summed E-state index contributed by atoms with van der Waals surface area (Å²) in [7, 11) is 0. The van der Waals surface area contributed by atoms with Crippen LogP contribution in [0.1, 0.15) is 12.6 Å². The standard InChI is InChI=1S/C22H23Cl3N4O/c1-2-28-19(21(25)22(30)29(28)16-7-4-3-5-8-16)15-26-11-13-27(14-12-26)18-10-6-9-17(23)20(18)24/h3-10H,2,11-15H2,1H3. The van der Waals surface area contributed by atoms with E-state index in [1.54, 1.807) is 10.7 Å². The minimum atomic E-state index is -0.177. The molecule has 0 amide bonds. The summed E-state index contributed by atoms with van der Waals surface area (Å²) in [6.45, 7) is 6.64. The lowest BCUT2D eigenvalue weighted by atomic mass is 10.2. The second-order valence-electron chi connectivity index (χ2n) is 7.27. The van der Waals surface area contributed by atoms with Crippen molar-refractivity contribution in [3.63, 3.8) is 0 Å². The van der Waals surface area contributed by atoms with Crippen LogP contribution in [0.15, 0.2) is 53.3 Å². The largest absolute Gasteiger partial charge is 0.368 e. The number of aromatic nitrogens is 2. The van der Waals surface area contributed by atoms with Gasteiger partial charge in [-0.25, -0.2) is 4.68 Å². The average Bonchev–Trinajstić information content (AvgIpc) is 3.01. The number of benzene rings is 2. The molecule has 1 aromatic heterocycles. The summed E-state index contributed by atoms with van der Waals surface area (Å²) in [6, 6.07) is 15.3. The third kappa shape index (κ3) is 4.00. The van der Waals surface area contributed by atoms with E-state index in [2.05, 4.69) is 9.80 Å². The maximum Gasteiger partial charge on any atom is 0.290 e. The van der Waals surface area contributed by atoms with E-state index in [-0.39, 0.29) is 5.56 Å². The minimum Gasteiger partial charge on any atom is -0.368 e. The predicted molar refractivity (Wildman–Crippen MR) is 125 cm³/mol. The number of hydrogen-bond donors (Lipinski definition) is 0. The number of halogens is 3. The number of hydrogen-bond acceptors (Lipinski definition) is 3. The third-order valence-electron chi connectivity index (χ3n) is 5.50. The van der Waals surface area contributed by atoms with Crippen LogP contribution < -0.4 is 10.5 Å². The van der Waals surface area contributed by atoms with Gasteiger partial charge in [0.25, 0.3) is 5.56 Å². The Bertz CT molecular complexity index is 1090. The molecule has 8 heteroatoms. The molecular formula is C22H23Cl3N4O. The van der Waals surface area contributed by atoms with Crippen molar-refractivity contribution in [2.45, 2.75) is 20.0 Å². The monoisotopic (exact) mass is 464 g/mol. The Morgan fingerprint density at radius 1 is 0.867 bits per heavy atom. The highest BCUT2D eigenvalue weighted by Crippen LogP contribution is 2.33. The van der Waals surface area contributed by atoms with E-state index in [0.29, 0.717) is 28.2 Å². The van der Waals surface area contributed by atoms with E-state index in [4.69, 9.17) is 34.8 Å². The normalized spacial score (nSPS) is 15.0. The molecular weight excluding hydrogens is 443 g/mol. The van der Waals surface area contributed by atoms with Crippen molar-refractivity contribution in [1.82, 2.24) is 14.3 Å². The molecule has 30 heavy (non-hydrogen) atoms. The zero-order chi connectivity index (χ0) is 21.3. The van der Waals surface area contributed by atoms with E-state index >= 15 is 0 Å². The summed E-state index contributed by atoms with van der Waals surface area (Å²) in [6.07, 6.45) is 0. The maximum atomic E-state index is 12.9. The van der Waals surface area contributed by atoms with E-state index < -0.39 is 0 Å². The maximum absolute atomic E-state index is 12.9. The van der Waals surface area contributed by atoms with Gasteiger partial charge in [0.15, 0.2) is 0 Å². The highest BCUT2D eigenvalue weighted by Gasteiger charge is 2.24. The first-order valence-electron chi connectivity index (χ1n) is 9.98. The van der Waals surface area contributed by atoms with Gasteiger partial charge in [0.2, 0.25) is 0 Å². The fourth-order valence-electron chi connectivity index (χ4n) is 3.96. The highest BCUT2D eigenvalue weighted by molar-refractivity contribution is 6.43. The lowest BCUT2D eigenvalue weighted by Crippen LogP contribution is -2.46. The summed E-state index contributed by atoms with van der Waals surface area (Å²) < 4.78 is 3.64. The van der Waals surface area contributed by atoms with Gasteiger partial charge >= 0.3 is 0 Å². The van der Waals surface area contributed by atoms with Crippen LogP contribution in [-0.2, 0) is 13.1 Å². The van der Waals surface area contributed by atoms with Crippen LogP contribution in [-0.4, -0.2) is 40.4 Å². The SMILES string of the molecule is CCn1c(CN2CCN(c3cccc(Cl)c3Cl)CC2)c(Cl)c(=O)n1-c1ccccc1. The second-order valence-corrected chi connectivity index (χ2v) is 8.43. The Labute approximate surface area is 191 Å². The van der Waals surface area contributed by atoms with Crippen LogP contribution in [0.5, 0.6) is 0 Å². The molecule has 0 spiro atoms. The Hall–Kier alpha value is -1.92. The Kier molecular flexibility index (Phi) is 6.44. The van der Waals surface area contributed by atoms with Gasteiger partial charge in [0, 0.05) is 39.3 Å². The molecule has 0 unspecified atom stereocenters. The molecule has 4 rings (SSSR count). The quantitative estimate of drug-likeness (QED) is 0.535. The average molecular weight is 466 g/mol. The highest BCUT2D eigenvalue weighted by atomic mass is 35.5. The van der Waals surface area contributed by atoms with Crippen molar-refractivity contribution in [3.05, 3.63) is 79.6 Å². The summed E-state index contributed by atoms with van der Waals surface area (Å²) in [5, 5.41) is 1.45. The van der Waals surface area contributed by atoms with Gasteiger partial charge < -0.3 is 4.90 Å². The molecule has 158 valence electrons. The second kappa shape index (κ2) is 9.06. The van der Waals surface area contributed by atoms with Crippen LogP contribution in [0.4, 0.5) is 5.69 Å². The smallest absolute Gasteiger partial charge is 0.290 e. The zero-order valence-corrected chi connectivity index (χ0v) is 19.0. The van der Waals surface area contributed by atoms with Gasteiger partial charge in [-0.3, -0.25) is 14.4 Å². The molecule has 0 saturated carbocycles. The third-order valence-corrected chi connectivity index (χ3v) is 6.69. The zero-order valence-electron chi connectivity index (χ0n) is 16.7. The van der Waals surface area contributed by atoms with Gasteiger partial charge in [-0.15, -0.1) is 0 Å². The Morgan fingerprint density at radius 3 is 2.23 bits per heavy atom. The van der Waals surface area contributed by atoms with Gasteiger partial charge in [0.1, 0.15) is 5.02 Å². The molecule has 0 radical (unpaired) electrons. The molecule has 1 saturated heterocycles. The number of anilines is 1. The first kappa shape index (κ1) is 21.3. The van der Waals surface area contributed by atoms with Crippen molar-refractivity contribution >= 4 is 40.5 Å². The van der Waals surface area contributed by atoms with Crippen LogP contribution in [0.3, 0.4) is 0 Å². The van der Waals surface area contributed by atoms with Crippen LogP contribution >= 0.6 is 34.8 Å². The molecule has 1 fully saturated rings. The van der Waals surface area contributed by atoms with Crippen molar-refractivity contribution < 1.29 is 0 Å². The topological polar surface area (TPSA) is 33.4 Å². The van der Waals surface area contributed by atoms with E-state index in [9.17, 15) is 4.79 Å². The first-order chi connectivity index (χ1) is 14.5. The number of para-hydroxylation sites is 1. The molecule has 1 aliphatic rings. The molecule has 2 aromatic carbocycles. The Balaban J connectivity index is 1.53. The molecule has 0 N–H and O–H groups in total. The lowest BCUT2D eigenvalue weighted by Gasteiger charge is -2.36. The number of piperazine rings is 1. The number of nitrogens with zero attached hydrogens (tertiary/aromatic N) is 4. The fraction of sp³-hybridized carbons (Fsp3) is 0.318. The lowest BCUT2D eigenvalue weighted by molar-refractivity contribution is 0.241. The van der Waals surface area contributed by atoms with E-state index in [1.807, 2.05) is 54.1 Å². The van der Waals surface area contributed by atoms with Crippen molar-refractivity contribution in [2.75, 3.05) is 31.1 Å². The van der Waals surface area contributed by atoms with Crippen molar-refractivity contribution in [3.8, 4) is 5.69 Å². The predicted octanol–water partition coefficient (Wildman–Crippen LogP) is 4.94. The van der Waals surface area contributed by atoms with Gasteiger partial charge in [0.05, 0.1) is 27.1 Å². The molecule has 1 aliphatic heterocycles. The van der Waals surface area contributed by atoms with Gasteiger partial charge in [-0.05, 0) is 31.2 Å². The van der Waals surface area contributed by atoms with Crippen LogP contribution in [0.25, 0.3) is 5.69 Å². The summed E-state index contributed by atoms with van der Waals surface area (Å²) >= 11 is 19.1. The molecule has 0 bridgehead atoms. The van der Waals surface area contributed by atoms with E-state index in [1.165, 1.54) is 0 Å². The summed E-state index contributed by atoms with van der Waals surface area (Å²) in [5.41, 5.74) is 2.45. The molecule has 3 aromatic rings. The number of rotatable bonds is 5. The summed E-state index contributed by atoms with van der Waals surface area (Å²) in [5.74, 6) is 0. The van der Waals surface area contributed by atoms with Crippen molar-refractivity contribution in [1.29, 1.82) is 0 Å². The minimum absolute atomic E-state index is 0.177. The molecule has 0 aliphatic carbocycles. The molecule has 2 heterocycles. The van der Waals surface area contributed by atoms with Gasteiger partial charge in [-0.1, -0.05) is 59.1 Å². The van der Waals surface area contributed by atoms with Gasteiger partial charge in [-0.2, -0.15) is 0 Å². The van der Waals surface area contributed by atoms with Crippen LogP contribution in [0, 0.1) is 0 Å². The fourth-order valence-corrected chi connectivity index (χ4v) is 4.62. The first-order valence-corrected chi connectivity index (χ1v) is 11.1. The van der Waals surface area contributed by atoms with E-state index in [0.717, 1.165) is 43.2 Å². The molecule has 5 nitrogen and oxygen atoms in total. The molecule has 0 atom stereocenters. The Morgan fingerprint density at radius 2 is 1.57 bits per heavy atom. The summed E-state index contributed by atoms with van der Waals surface area (Å²) in [4.78, 5) is 17.4. The van der Waals surface area contributed by atoms with Crippen LogP contribution in [0.2, 0.25) is 15.1 Å².